The lowest BCUT2D eigenvalue weighted by molar-refractivity contribution is 0.102. The minimum Gasteiger partial charge on any atom is -0.497 e. The summed E-state index contributed by atoms with van der Waals surface area (Å²) >= 11 is 0. The van der Waals surface area contributed by atoms with Crippen LogP contribution in [0.15, 0.2) is 42.6 Å². The maximum absolute atomic E-state index is 12.3. The van der Waals surface area contributed by atoms with Crippen molar-refractivity contribution in [2.24, 2.45) is 0 Å². The van der Waals surface area contributed by atoms with Crippen molar-refractivity contribution in [3.63, 3.8) is 0 Å². The average molecular weight is 299 g/mol. The van der Waals surface area contributed by atoms with Crippen molar-refractivity contribution < 1.29 is 9.53 Å². The van der Waals surface area contributed by atoms with Gasteiger partial charge in [-0.3, -0.25) is 9.78 Å². The summed E-state index contributed by atoms with van der Waals surface area (Å²) in [6, 6.07) is 11.2. The van der Waals surface area contributed by atoms with Crippen LogP contribution in [0, 0.1) is 0 Å². The highest BCUT2D eigenvalue weighted by molar-refractivity contribution is 6.03. The van der Waals surface area contributed by atoms with Gasteiger partial charge in [-0.25, -0.2) is 0 Å². The van der Waals surface area contributed by atoms with Gasteiger partial charge in [0.15, 0.2) is 0 Å². The number of aromatic nitrogens is 1. The number of benzene rings is 1. The van der Waals surface area contributed by atoms with Crippen LogP contribution in [-0.4, -0.2) is 24.0 Å². The van der Waals surface area contributed by atoms with E-state index < -0.39 is 0 Å². The van der Waals surface area contributed by atoms with Crippen molar-refractivity contribution in [3.8, 4) is 5.75 Å². The molecule has 5 nitrogen and oxygen atoms in total. The molecule has 1 amide bonds. The van der Waals surface area contributed by atoms with Crippen molar-refractivity contribution >= 4 is 17.3 Å². The van der Waals surface area contributed by atoms with Gasteiger partial charge >= 0.3 is 0 Å². The minimum absolute atomic E-state index is 0.249. The van der Waals surface area contributed by atoms with Gasteiger partial charge in [0.25, 0.3) is 5.91 Å². The van der Waals surface area contributed by atoms with Gasteiger partial charge in [0, 0.05) is 29.7 Å². The van der Waals surface area contributed by atoms with Gasteiger partial charge < -0.3 is 15.4 Å². The first-order chi connectivity index (χ1) is 10.6. The predicted octanol–water partition coefficient (Wildman–Crippen LogP) is 3.55. The zero-order valence-electron chi connectivity index (χ0n) is 13.1. The van der Waals surface area contributed by atoms with Crippen molar-refractivity contribution in [1.82, 2.24) is 4.98 Å². The molecule has 0 aliphatic rings. The zero-order valence-corrected chi connectivity index (χ0v) is 13.1. The number of anilines is 2. The summed E-state index contributed by atoms with van der Waals surface area (Å²) in [7, 11) is 1.59. The molecule has 0 bridgehead atoms. The highest BCUT2D eigenvalue weighted by Crippen LogP contribution is 2.18. The van der Waals surface area contributed by atoms with Crippen LogP contribution >= 0.6 is 0 Å². The van der Waals surface area contributed by atoms with Crippen LogP contribution in [0.1, 0.15) is 30.8 Å². The topological polar surface area (TPSA) is 63.2 Å². The van der Waals surface area contributed by atoms with Gasteiger partial charge in [0.05, 0.1) is 7.11 Å². The lowest BCUT2D eigenvalue weighted by Crippen LogP contribution is -2.16. The SMILES string of the molecule is CCC(C)Nc1ccnc(C(=O)Nc2cccc(OC)c2)c1. The Morgan fingerprint density at radius 2 is 2.09 bits per heavy atom. The van der Waals surface area contributed by atoms with Gasteiger partial charge in [-0.15, -0.1) is 0 Å². The minimum atomic E-state index is -0.249. The Bertz CT molecular complexity index is 643. The Kier molecular flexibility index (Phi) is 5.36. The summed E-state index contributed by atoms with van der Waals surface area (Å²) in [5.74, 6) is 0.444. The van der Waals surface area contributed by atoms with Gasteiger partial charge in [-0.1, -0.05) is 13.0 Å². The van der Waals surface area contributed by atoms with Crippen LogP contribution in [0.25, 0.3) is 0 Å². The molecule has 0 aliphatic heterocycles. The number of pyridine rings is 1. The normalized spacial score (nSPS) is 11.6. The Morgan fingerprint density at radius 3 is 2.82 bits per heavy atom. The lowest BCUT2D eigenvalue weighted by atomic mass is 10.2. The highest BCUT2D eigenvalue weighted by atomic mass is 16.5. The number of hydrogen-bond acceptors (Lipinski definition) is 4. The molecule has 2 N–H and O–H groups in total. The Morgan fingerprint density at radius 1 is 1.27 bits per heavy atom. The summed E-state index contributed by atoms with van der Waals surface area (Å²) in [4.78, 5) is 16.4. The largest absolute Gasteiger partial charge is 0.497 e. The van der Waals surface area contributed by atoms with E-state index in [0.29, 0.717) is 23.2 Å². The standard InChI is InChI=1S/C17H21N3O2/c1-4-12(2)19-14-8-9-18-16(11-14)17(21)20-13-6-5-7-15(10-13)22-3/h5-12H,4H2,1-3H3,(H,18,19)(H,20,21). The first-order valence-corrected chi connectivity index (χ1v) is 7.30. The summed E-state index contributed by atoms with van der Waals surface area (Å²) in [6.07, 6.45) is 2.64. The van der Waals surface area contributed by atoms with Crippen molar-refractivity contribution in [2.75, 3.05) is 17.7 Å². The maximum Gasteiger partial charge on any atom is 0.274 e. The monoisotopic (exact) mass is 299 g/mol. The van der Waals surface area contributed by atoms with Crippen LogP contribution in [-0.2, 0) is 0 Å². The molecular formula is C17H21N3O2. The fourth-order valence-electron chi connectivity index (χ4n) is 1.93. The molecule has 0 aliphatic carbocycles. The molecule has 0 radical (unpaired) electrons. The molecule has 0 fully saturated rings. The van der Waals surface area contributed by atoms with Crippen molar-refractivity contribution in [3.05, 3.63) is 48.3 Å². The number of hydrogen-bond donors (Lipinski definition) is 2. The molecule has 1 unspecified atom stereocenters. The molecule has 22 heavy (non-hydrogen) atoms. The average Bonchev–Trinajstić information content (AvgIpc) is 2.55. The van der Waals surface area contributed by atoms with Crippen LogP contribution < -0.4 is 15.4 Å². The van der Waals surface area contributed by atoms with Crippen molar-refractivity contribution in [2.45, 2.75) is 26.3 Å². The van der Waals surface area contributed by atoms with E-state index in [4.69, 9.17) is 4.74 Å². The lowest BCUT2D eigenvalue weighted by Gasteiger charge is -2.13. The Balaban J connectivity index is 2.10. The second-order valence-corrected chi connectivity index (χ2v) is 5.07. The van der Waals surface area contributed by atoms with Gasteiger partial charge in [-0.05, 0) is 37.6 Å². The summed E-state index contributed by atoms with van der Waals surface area (Å²) in [5, 5.41) is 6.15. The van der Waals surface area contributed by atoms with Gasteiger partial charge in [0.1, 0.15) is 11.4 Å². The molecule has 0 saturated carbocycles. The predicted molar refractivity (Wildman–Crippen MR) is 88.6 cm³/mol. The summed E-state index contributed by atoms with van der Waals surface area (Å²) in [6.45, 7) is 4.20. The fourth-order valence-corrected chi connectivity index (χ4v) is 1.93. The number of methoxy groups -OCH3 is 1. The van der Waals surface area contributed by atoms with Crippen LogP contribution in [0.2, 0.25) is 0 Å². The van der Waals surface area contributed by atoms with E-state index in [1.165, 1.54) is 0 Å². The molecule has 0 saturated heterocycles. The third-order valence-corrected chi connectivity index (χ3v) is 3.35. The van der Waals surface area contributed by atoms with E-state index in [1.54, 1.807) is 25.4 Å². The molecule has 1 aromatic carbocycles. The Labute approximate surface area is 130 Å². The number of nitrogens with one attached hydrogen (secondary N) is 2. The molecule has 2 aromatic rings. The molecule has 116 valence electrons. The van der Waals surface area contributed by atoms with Crippen LogP contribution in [0.3, 0.4) is 0 Å². The van der Waals surface area contributed by atoms with Gasteiger partial charge in [0.2, 0.25) is 0 Å². The van der Waals surface area contributed by atoms with E-state index in [0.717, 1.165) is 12.1 Å². The number of nitrogens with zero attached hydrogens (tertiary/aromatic N) is 1. The fraction of sp³-hybridized carbons (Fsp3) is 0.294. The second kappa shape index (κ2) is 7.45. The highest BCUT2D eigenvalue weighted by Gasteiger charge is 2.09. The zero-order chi connectivity index (χ0) is 15.9. The number of rotatable bonds is 6. The molecule has 2 rings (SSSR count). The molecule has 1 atom stereocenters. The molecule has 5 heteroatoms. The molecule has 0 spiro atoms. The maximum atomic E-state index is 12.3. The van der Waals surface area contributed by atoms with Crippen LogP contribution in [0.5, 0.6) is 5.75 Å². The van der Waals surface area contributed by atoms with E-state index in [9.17, 15) is 4.79 Å². The second-order valence-electron chi connectivity index (χ2n) is 5.07. The molecule has 1 aromatic heterocycles. The number of ether oxygens (including phenoxy) is 1. The summed E-state index contributed by atoms with van der Waals surface area (Å²) < 4.78 is 5.14. The third-order valence-electron chi connectivity index (χ3n) is 3.35. The first kappa shape index (κ1) is 15.8. The number of carbonyl (C=O) groups is 1. The summed E-state index contributed by atoms with van der Waals surface area (Å²) in [5.41, 5.74) is 1.93. The smallest absolute Gasteiger partial charge is 0.274 e. The molecular weight excluding hydrogens is 278 g/mol. The number of amides is 1. The van der Waals surface area contributed by atoms with E-state index >= 15 is 0 Å². The van der Waals surface area contributed by atoms with E-state index in [2.05, 4.69) is 29.5 Å². The van der Waals surface area contributed by atoms with E-state index in [-0.39, 0.29) is 5.91 Å². The first-order valence-electron chi connectivity index (χ1n) is 7.30. The molecule has 1 heterocycles. The van der Waals surface area contributed by atoms with Gasteiger partial charge in [-0.2, -0.15) is 0 Å². The van der Waals surface area contributed by atoms with Crippen LogP contribution in [0.4, 0.5) is 11.4 Å². The quantitative estimate of drug-likeness (QED) is 0.856. The van der Waals surface area contributed by atoms with E-state index in [1.807, 2.05) is 24.3 Å². The Hall–Kier alpha value is -2.56. The number of carbonyl (C=O) groups excluding carboxylic acids is 1. The van der Waals surface area contributed by atoms with Crippen molar-refractivity contribution in [1.29, 1.82) is 0 Å². The third kappa shape index (κ3) is 4.22.